The van der Waals surface area contributed by atoms with Crippen molar-refractivity contribution < 1.29 is 9.95 Å². The molecule has 0 heterocycles. The molecule has 0 spiro atoms. The van der Waals surface area contributed by atoms with E-state index < -0.39 is 5.54 Å². The molecule has 6 heteroatoms. The number of hydrogen-bond acceptors (Lipinski definition) is 3. The van der Waals surface area contributed by atoms with Crippen LogP contribution in [0, 0.1) is 5.21 Å². The highest BCUT2D eigenvalue weighted by Gasteiger charge is 2.41. The van der Waals surface area contributed by atoms with Crippen LogP contribution in [0.4, 0.5) is 0 Å². The molecule has 2 rings (SSSR count). The minimum absolute atomic E-state index is 0.417. The van der Waals surface area contributed by atoms with Crippen LogP contribution < -0.4 is 0 Å². The first kappa shape index (κ1) is 15.1. The molecule has 1 aromatic rings. The van der Waals surface area contributed by atoms with Crippen molar-refractivity contribution in [3.05, 3.63) is 39.0 Å². The van der Waals surface area contributed by atoms with E-state index in [2.05, 4.69) is 5.16 Å². The third-order valence-electron chi connectivity index (χ3n) is 3.77. The Morgan fingerprint density at radius 1 is 1.40 bits per heavy atom. The Morgan fingerprint density at radius 2 is 2.15 bits per heavy atom. The molecule has 0 bridgehead atoms. The minimum Gasteiger partial charge on any atom is -0.623 e. The molecular weight excluding hydrogens is 299 g/mol. The average Bonchev–Trinajstić information content (AvgIpc) is 2.42. The summed E-state index contributed by atoms with van der Waals surface area (Å²) in [6, 6.07) is 4.96. The molecule has 1 aliphatic rings. The van der Waals surface area contributed by atoms with Crippen LogP contribution in [0.25, 0.3) is 0 Å². The van der Waals surface area contributed by atoms with E-state index in [9.17, 15) is 5.21 Å². The van der Waals surface area contributed by atoms with E-state index in [0.29, 0.717) is 34.2 Å². The highest BCUT2D eigenvalue weighted by molar-refractivity contribution is 6.36. The van der Waals surface area contributed by atoms with Crippen LogP contribution in [0.15, 0.2) is 23.4 Å². The van der Waals surface area contributed by atoms with Crippen LogP contribution >= 0.6 is 23.2 Å². The fourth-order valence-corrected chi connectivity index (χ4v) is 2.90. The van der Waals surface area contributed by atoms with E-state index in [1.807, 2.05) is 0 Å². The number of benzene rings is 1. The highest BCUT2D eigenvalue weighted by Crippen LogP contribution is 2.29. The second-order valence-corrected chi connectivity index (χ2v) is 5.99. The Morgan fingerprint density at radius 3 is 2.80 bits per heavy atom. The summed E-state index contributed by atoms with van der Waals surface area (Å²) in [5.74, 6) is 0. The lowest BCUT2D eigenvalue weighted by molar-refractivity contribution is -0.520. The van der Waals surface area contributed by atoms with Crippen LogP contribution in [-0.4, -0.2) is 27.4 Å². The number of halogens is 2. The Balaban J connectivity index is 2.38. The van der Waals surface area contributed by atoms with Crippen molar-refractivity contribution in [2.45, 2.75) is 38.1 Å². The van der Waals surface area contributed by atoms with Gasteiger partial charge in [0.2, 0.25) is 5.54 Å². The lowest BCUT2D eigenvalue weighted by Crippen LogP contribution is -2.47. The van der Waals surface area contributed by atoms with Crippen molar-refractivity contribution in [2.75, 3.05) is 0 Å². The highest BCUT2D eigenvalue weighted by atomic mass is 35.5. The summed E-state index contributed by atoms with van der Waals surface area (Å²) in [7, 11) is 0. The Bertz CT molecular complexity index is 572. The average molecular weight is 315 g/mol. The Labute approximate surface area is 127 Å². The largest absolute Gasteiger partial charge is 0.623 e. The van der Waals surface area contributed by atoms with Crippen molar-refractivity contribution in [1.29, 1.82) is 0 Å². The molecule has 1 aliphatic carbocycles. The summed E-state index contributed by atoms with van der Waals surface area (Å²) in [5, 5.41) is 25.8. The molecule has 4 nitrogen and oxygen atoms in total. The van der Waals surface area contributed by atoms with Crippen LogP contribution in [0.3, 0.4) is 0 Å². The van der Waals surface area contributed by atoms with E-state index in [4.69, 9.17) is 28.4 Å². The second-order valence-electron chi connectivity index (χ2n) is 5.15. The van der Waals surface area contributed by atoms with Crippen molar-refractivity contribution in [1.82, 2.24) is 0 Å². The molecule has 1 unspecified atom stereocenters. The second kappa shape index (κ2) is 6.02. The molecule has 0 aliphatic heterocycles. The maximum Gasteiger partial charge on any atom is 0.211 e. The van der Waals surface area contributed by atoms with Crippen molar-refractivity contribution in [3.8, 4) is 0 Å². The summed E-state index contributed by atoms with van der Waals surface area (Å²) >= 11 is 11.9. The summed E-state index contributed by atoms with van der Waals surface area (Å²) in [4.78, 5) is 0. The topological polar surface area (TPSA) is 58.7 Å². The quantitative estimate of drug-likeness (QED) is 0.294. The van der Waals surface area contributed by atoms with Gasteiger partial charge >= 0.3 is 0 Å². The number of hydroxylamine groups is 1. The first-order valence-corrected chi connectivity index (χ1v) is 7.21. The lowest BCUT2D eigenvalue weighted by Gasteiger charge is -2.32. The molecule has 1 N–H and O–H groups in total. The number of nitrogens with zero attached hydrogens (tertiary/aromatic N) is 2. The maximum absolute atomic E-state index is 12.5. The molecule has 20 heavy (non-hydrogen) atoms. The lowest BCUT2D eigenvalue weighted by atomic mass is 9.81. The third kappa shape index (κ3) is 2.91. The van der Waals surface area contributed by atoms with Gasteiger partial charge in [-0.3, -0.25) is 0 Å². The number of hydrogen-bond donors (Lipinski definition) is 1. The molecule has 0 radical (unpaired) electrons. The summed E-state index contributed by atoms with van der Waals surface area (Å²) < 4.78 is 0.830. The van der Waals surface area contributed by atoms with Crippen LogP contribution in [0.1, 0.15) is 38.2 Å². The van der Waals surface area contributed by atoms with Crippen LogP contribution in [-0.2, 0) is 0 Å². The van der Waals surface area contributed by atoms with E-state index in [0.717, 1.165) is 17.6 Å². The van der Waals surface area contributed by atoms with E-state index in [1.54, 1.807) is 25.1 Å². The normalized spacial score (nSPS) is 25.9. The van der Waals surface area contributed by atoms with Gasteiger partial charge in [0.05, 0.1) is 10.6 Å². The van der Waals surface area contributed by atoms with Gasteiger partial charge in [0.25, 0.3) is 0 Å². The Hall–Kier alpha value is -1.26. The van der Waals surface area contributed by atoms with Crippen LogP contribution in [0.2, 0.25) is 10.0 Å². The van der Waals surface area contributed by atoms with Gasteiger partial charge in [0.1, 0.15) is 5.71 Å². The minimum atomic E-state index is -0.823. The predicted molar refractivity (Wildman–Crippen MR) is 81.3 cm³/mol. The number of rotatable bonds is 2. The number of oxime groups is 1. The van der Waals surface area contributed by atoms with Gasteiger partial charge in [0.15, 0.2) is 6.21 Å². The molecule has 0 saturated heterocycles. The zero-order valence-electron chi connectivity index (χ0n) is 11.1. The molecule has 1 atom stereocenters. The Kier molecular flexibility index (Phi) is 4.55. The fourth-order valence-electron chi connectivity index (χ4n) is 2.45. The summed E-state index contributed by atoms with van der Waals surface area (Å²) in [6.07, 6.45) is 4.57. The van der Waals surface area contributed by atoms with Gasteiger partial charge in [-0.05, 0) is 37.5 Å². The molecule has 1 saturated carbocycles. The molecule has 0 aromatic heterocycles. The molecular formula is C14H16Cl2N2O2. The fraction of sp³-hybridized carbons (Fsp3) is 0.429. The maximum atomic E-state index is 12.5. The molecule has 1 fully saturated rings. The standard InChI is InChI=1S/C14H16Cl2N2O2/c1-14(7-3-2-4-13(14)17-19)18(20)9-10-5-6-11(15)8-12(10)16/h5-6,8-9,19H,2-4,7H2,1H3/b17-13+,18-9-. The van der Waals surface area contributed by atoms with Gasteiger partial charge in [-0.25, -0.2) is 4.74 Å². The first-order chi connectivity index (χ1) is 9.47. The van der Waals surface area contributed by atoms with Gasteiger partial charge in [-0.2, -0.15) is 0 Å². The molecule has 0 amide bonds. The third-order valence-corrected chi connectivity index (χ3v) is 4.34. The smallest absolute Gasteiger partial charge is 0.211 e. The summed E-state index contributed by atoms with van der Waals surface area (Å²) in [5.41, 5.74) is 0.283. The van der Waals surface area contributed by atoms with E-state index in [-0.39, 0.29) is 0 Å². The van der Waals surface area contributed by atoms with Crippen molar-refractivity contribution >= 4 is 35.1 Å². The zero-order valence-corrected chi connectivity index (χ0v) is 12.7. The molecule has 108 valence electrons. The van der Waals surface area contributed by atoms with Crippen LogP contribution in [0.5, 0.6) is 0 Å². The van der Waals surface area contributed by atoms with Gasteiger partial charge in [-0.1, -0.05) is 28.4 Å². The monoisotopic (exact) mass is 314 g/mol. The van der Waals surface area contributed by atoms with Crippen molar-refractivity contribution in [3.63, 3.8) is 0 Å². The predicted octanol–water partition coefficient (Wildman–Crippen LogP) is 4.09. The van der Waals surface area contributed by atoms with Gasteiger partial charge in [0, 0.05) is 18.4 Å². The first-order valence-electron chi connectivity index (χ1n) is 6.45. The molecule has 1 aromatic carbocycles. The zero-order chi connectivity index (χ0) is 14.8. The summed E-state index contributed by atoms with van der Waals surface area (Å²) in [6.45, 7) is 1.79. The SMILES string of the molecule is CC1(/[N+]([O-])=C/c2ccc(Cl)cc2Cl)CCCC/C1=N\O. The van der Waals surface area contributed by atoms with E-state index in [1.165, 1.54) is 6.21 Å². The van der Waals surface area contributed by atoms with Crippen molar-refractivity contribution in [2.24, 2.45) is 5.16 Å². The van der Waals surface area contributed by atoms with Gasteiger partial charge < -0.3 is 10.4 Å². The van der Waals surface area contributed by atoms with Gasteiger partial charge in [-0.15, -0.1) is 0 Å². The van der Waals surface area contributed by atoms with E-state index >= 15 is 0 Å².